The zero-order chi connectivity index (χ0) is 17.4. The molecule has 0 aromatic rings. The minimum atomic E-state index is -1.00. The van der Waals surface area contributed by atoms with Gasteiger partial charge < -0.3 is 87.1 Å². The molecule has 12 heteroatoms. The van der Waals surface area contributed by atoms with Crippen LogP contribution in [0.2, 0.25) is 0 Å². The van der Waals surface area contributed by atoms with E-state index in [2.05, 4.69) is 40.7 Å². The molecule has 0 aromatic carbocycles. The summed E-state index contributed by atoms with van der Waals surface area (Å²) < 4.78 is 38.0. The van der Waals surface area contributed by atoms with Crippen LogP contribution in [0.25, 0.3) is 0 Å². The second-order valence-electron chi connectivity index (χ2n) is 0.165. The maximum atomic E-state index is 9.50. The molecule has 0 amide bonds. The third-order valence-corrected chi connectivity index (χ3v) is 0. The van der Waals surface area contributed by atoms with Gasteiger partial charge >= 0.3 is 16.8 Å². The number of hydrogen-bond donors (Lipinski definition) is 0. The summed E-state index contributed by atoms with van der Waals surface area (Å²) in [5.74, 6) is 0. The van der Waals surface area contributed by atoms with Gasteiger partial charge in [0.25, 0.3) is 0 Å². The van der Waals surface area contributed by atoms with E-state index < -0.39 is 13.9 Å². The summed E-state index contributed by atoms with van der Waals surface area (Å²) in [5.41, 5.74) is 0. The van der Waals surface area contributed by atoms with Crippen molar-refractivity contribution in [3.05, 3.63) is 13.9 Å². The van der Waals surface area contributed by atoms with Crippen LogP contribution in [0.3, 0.4) is 0 Å². The first kappa shape index (κ1) is 77.1. The fourth-order valence-electron chi connectivity index (χ4n) is 0. The van der Waals surface area contributed by atoms with Crippen molar-refractivity contribution in [3.8, 4) is 0 Å². The summed E-state index contributed by atoms with van der Waals surface area (Å²) in [6.07, 6.45) is 0. The van der Waals surface area contributed by atoms with E-state index in [1.807, 2.05) is 0 Å². The molecule has 0 fully saturated rings. The van der Waals surface area contributed by atoms with Crippen LogP contribution in [0.5, 0.6) is 0 Å². The normalized spacial score (nSPS) is 3.00. The summed E-state index contributed by atoms with van der Waals surface area (Å²) >= 11 is 0. The standard InChI is InChI=1S/2CHF2.6CO.2Co/c2*2-1-3;6*1-2;;/h2*1H;;;;;;;;/q8*-1;;+3. The predicted molar refractivity (Wildman–Crippen MR) is 47.2 cm³/mol. The van der Waals surface area contributed by atoms with Crippen LogP contribution in [-0.2, 0) is 62.3 Å². The molecule has 0 saturated carbocycles. The number of hydrogen-bond acceptors (Lipinski definition) is 6. The third-order valence-electron chi connectivity index (χ3n) is 0. The third kappa shape index (κ3) is 2670. The molecule has 0 aliphatic rings. The Morgan fingerprint density at radius 3 is 0.450 bits per heavy atom. The van der Waals surface area contributed by atoms with E-state index in [4.69, 9.17) is 28.8 Å². The maximum Gasteiger partial charge on any atom is 3.00 e. The molecule has 20 heavy (non-hydrogen) atoms. The van der Waals surface area contributed by atoms with Crippen LogP contribution in [0, 0.1) is 13.9 Å². The van der Waals surface area contributed by atoms with Crippen LogP contribution < -0.4 is 0 Å². The predicted octanol–water partition coefficient (Wildman–Crippen LogP) is -0.298. The van der Waals surface area contributed by atoms with Gasteiger partial charge in [-0.25, -0.2) is 0 Å². The average Bonchev–Trinajstić information content (AvgIpc) is 2.52. The molecule has 0 rings (SSSR count). The second kappa shape index (κ2) is 8790. The van der Waals surface area contributed by atoms with Crippen molar-refractivity contribution in [1.82, 2.24) is 0 Å². The van der Waals surface area contributed by atoms with Crippen molar-refractivity contribution in [1.29, 1.82) is 0 Å². The average molecular weight is 388 g/mol. The SMILES string of the molecule is F[CH-]F.F[CH-]F.[C-]=O.[C-]=O.[C-]=O.[C-]=O.[C-]=O.[C-]=O.[Co+3].[Co]. The number of halogens is 4. The van der Waals surface area contributed by atoms with Gasteiger partial charge in [-0.1, -0.05) is 0 Å². The summed E-state index contributed by atoms with van der Waals surface area (Å²) in [6, 6.07) is 0. The quantitative estimate of drug-likeness (QED) is 0.417. The molecule has 0 N–H and O–H groups in total. The topological polar surface area (TPSA) is 102 Å². The van der Waals surface area contributed by atoms with Gasteiger partial charge in [-0.2, -0.15) is 0 Å². The van der Waals surface area contributed by atoms with Gasteiger partial charge in [-0.15, -0.1) is 0 Å². The molecular formula is C8H2Co2F4O6-5. The first-order valence-corrected chi connectivity index (χ1v) is 2.10. The van der Waals surface area contributed by atoms with E-state index >= 15 is 0 Å². The van der Waals surface area contributed by atoms with Crippen LogP contribution in [-0.4, -0.2) is 40.7 Å². The van der Waals surface area contributed by atoms with Crippen molar-refractivity contribution in [2.45, 2.75) is 0 Å². The van der Waals surface area contributed by atoms with E-state index in [0.29, 0.717) is 0 Å². The first-order valence-electron chi connectivity index (χ1n) is 2.10. The Morgan fingerprint density at radius 1 is 0.450 bits per heavy atom. The minimum Gasteiger partial charge on any atom is -0.573 e. The largest absolute Gasteiger partial charge is 3.00 e. The van der Waals surface area contributed by atoms with Crippen molar-refractivity contribution in [3.63, 3.8) is 0 Å². The zero-order valence-corrected chi connectivity index (χ0v) is 10.9. The Kier molecular flexibility index (Phi) is 33900. The molecular weight excluding hydrogens is 386 g/mol. The van der Waals surface area contributed by atoms with Gasteiger partial charge in [0.1, 0.15) is 0 Å². The molecule has 0 aromatic heterocycles. The Morgan fingerprint density at radius 2 is 0.450 bits per heavy atom. The molecule has 0 unspecified atom stereocenters. The van der Waals surface area contributed by atoms with E-state index in [1.165, 1.54) is 0 Å². The molecule has 0 atom stereocenters. The smallest absolute Gasteiger partial charge is 0.573 e. The van der Waals surface area contributed by atoms with Gasteiger partial charge in [-0.05, 0) is 13.9 Å². The zero-order valence-electron chi connectivity index (χ0n) is 8.78. The molecule has 0 aliphatic carbocycles. The van der Waals surface area contributed by atoms with E-state index in [0.717, 1.165) is 0 Å². The maximum absolute atomic E-state index is 9.50. The minimum absolute atomic E-state index is 0. The summed E-state index contributed by atoms with van der Waals surface area (Å²) in [4.78, 5) is 45.0. The fraction of sp³-hybridized carbons (Fsp3) is 0. The molecule has 7 radical (unpaired) electrons. The van der Waals surface area contributed by atoms with Crippen LogP contribution >= 0.6 is 0 Å². The van der Waals surface area contributed by atoms with Crippen molar-refractivity contribution in [2.75, 3.05) is 0 Å². The van der Waals surface area contributed by atoms with E-state index in [9.17, 15) is 17.6 Å². The van der Waals surface area contributed by atoms with Crippen LogP contribution in [0.1, 0.15) is 0 Å². The van der Waals surface area contributed by atoms with Gasteiger partial charge in [0.05, 0.1) is 0 Å². The Hall–Kier alpha value is -1.25. The Labute approximate surface area is 135 Å². The molecule has 0 heterocycles. The van der Waals surface area contributed by atoms with Gasteiger partial charge in [0, 0.05) is 16.8 Å². The summed E-state index contributed by atoms with van der Waals surface area (Å²) in [5, 5.41) is 0. The first-order chi connectivity index (χ1) is 8.83. The van der Waals surface area contributed by atoms with Crippen molar-refractivity contribution in [2.24, 2.45) is 0 Å². The fourth-order valence-corrected chi connectivity index (χ4v) is 0. The second-order valence-corrected chi connectivity index (χ2v) is 0.165. The van der Waals surface area contributed by atoms with Crippen LogP contribution in [0.15, 0.2) is 0 Å². The van der Waals surface area contributed by atoms with Gasteiger partial charge in [0.2, 0.25) is 0 Å². The molecule has 121 valence electrons. The molecule has 6 nitrogen and oxygen atoms in total. The molecule has 0 aliphatic heterocycles. The van der Waals surface area contributed by atoms with Gasteiger partial charge in [-0.3, -0.25) is 0 Å². The molecule has 0 spiro atoms. The van der Waals surface area contributed by atoms with Crippen LogP contribution in [0.4, 0.5) is 17.6 Å². The van der Waals surface area contributed by atoms with E-state index in [1.54, 1.807) is 0 Å². The summed E-state index contributed by atoms with van der Waals surface area (Å²) in [7, 11) is 0. The van der Waals surface area contributed by atoms with Gasteiger partial charge in [0.15, 0.2) is 0 Å². The van der Waals surface area contributed by atoms with E-state index in [-0.39, 0.29) is 33.6 Å². The van der Waals surface area contributed by atoms with Crippen molar-refractivity contribution < 1.29 is 79.9 Å². The summed E-state index contributed by atoms with van der Waals surface area (Å²) in [6.45, 7) is 25.0. The molecule has 0 bridgehead atoms. The molecule has 0 saturated heterocycles. The number of carbonyl (C=O) groups excluding carboxylic acids is 6. The Balaban J connectivity index is -0.00000000711. The Bertz CT molecular complexity index is 67.4. The number of rotatable bonds is 0. The van der Waals surface area contributed by atoms with Crippen molar-refractivity contribution >= 4 is 40.7 Å². The monoisotopic (exact) mass is 388 g/mol.